The van der Waals surface area contributed by atoms with Crippen LogP contribution >= 0.6 is 0 Å². The van der Waals surface area contributed by atoms with Gasteiger partial charge in [-0.15, -0.1) is 0 Å². The number of aromatic nitrogens is 1. The van der Waals surface area contributed by atoms with Crippen LogP contribution in [0.25, 0.3) is 11.1 Å². The van der Waals surface area contributed by atoms with E-state index in [1.54, 1.807) is 0 Å². The summed E-state index contributed by atoms with van der Waals surface area (Å²) in [7, 11) is 0. The molecule has 6 heteroatoms. The summed E-state index contributed by atoms with van der Waals surface area (Å²) in [6.45, 7) is 1.47. The molecule has 1 aromatic heterocycles. The summed E-state index contributed by atoms with van der Waals surface area (Å²) in [5, 5.41) is 10.8. The number of halogens is 2. The van der Waals surface area contributed by atoms with E-state index in [9.17, 15) is 18.9 Å². The first-order valence-electron chi connectivity index (χ1n) is 5.05. The van der Waals surface area contributed by atoms with Crippen molar-refractivity contribution >= 4 is 5.69 Å². The highest BCUT2D eigenvalue weighted by Gasteiger charge is 2.17. The monoisotopic (exact) mass is 250 g/mol. The molecule has 0 fully saturated rings. The van der Waals surface area contributed by atoms with Gasteiger partial charge in [0, 0.05) is 22.9 Å². The van der Waals surface area contributed by atoms with Crippen LogP contribution in [0.15, 0.2) is 30.6 Å². The van der Waals surface area contributed by atoms with Gasteiger partial charge in [0.15, 0.2) is 0 Å². The molecule has 0 N–H and O–H groups in total. The topological polar surface area (TPSA) is 56.0 Å². The molecule has 0 amide bonds. The lowest BCUT2D eigenvalue weighted by Gasteiger charge is -2.07. The van der Waals surface area contributed by atoms with E-state index < -0.39 is 16.6 Å². The molecule has 2 aromatic rings. The van der Waals surface area contributed by atoms with Gasteiger partial charge in [-0.1, -0.05) is 0 Å². The highest BCUT2D eigenvalue weighted by molar-refractivity contribution is 5.70. The lowest BCUT2D eigenvalue weighted by molar-refractivity contribution is -0.385. The van der Waals surface area contributed by atoms with Gasteiger partial charge in [0.25, 0.3) is 5.69 Å². The summed E-state index contributed by atoms with van der Waals surface area (Å²) >= 11 is 0. The van der Waals surface area contributed by atoms with Crippen molar-refractivity contribution in [2.75, 3.05) is 0 Å². The molecule has 1 heterocycles. The molecule has 4 nitrogen and oxygen atoms in total. The molecule has 1 aromatic carbocycles. The molecule has 0 aliphatic carbocycles. The SMILES string of the molecule is Cc1c(-c2cc(F)ccc2F)cncc1[N+](=O)[O-]. The van der Waals surface area contributed by atoms with Crippen molar-refractivity contribution in [1.29, 1.82) is 0 Å². The van der Waals surface area contributed by atoms with E-state index in [4.69, 9.17) is 0 Å². The van der Waals surface area contributed by atoms with Gasteiger partial charge in [0.1, 0.15) is 17.8 Å². The molecule has 0 atom stereocenters. The van der Waals surface area contributed by atoms with Gasteiger partial charge in [-0.2, -0.15) is 0 Å². The molecule has 0 unspecified atom stereocenters. The van der Waals surface area contributed by atoms with E-state index in [-0.39, 0.29) is 22.4 Å². The molecule has 0 spiro atoms. The van der Waals surface area contributed by atoms with Gasteiger partial charge in [0.05, 0.1) is 4.92 Å². The van der Waals surface area contributed by atoms with Gasteiger partial charge in [0.2, 0.25) is 0 Å². The minimum atomic E-state index is -0.651. The zero-order valence-corrected chi connectivity index (χ0v) is 9.35. The molecule has 92 valence electrons. The lowest BCUT2D eigenvalue weighted by atomic mass is 10.0. The Balaban J connectivity index is 2.68. The number of benzene rings is 1. The average Bonchev–Trinajstić information content (AvgIpc) is 2.32. The largest absolute Gasteiger partial charge is 0.291 e. The summed E-state index contributed by atoms with van der Waals surface area (Å²) < 4.78 is 26.7. The average molecular weight is 250 g/mol. The van der Waals surface area contributed by atoms with Crippen LogP contribution in [0.2, 0.25) is 0 Å². The maximum Gasteiger partial charge on any atom is 0.291 e. The second-order valence-corrected chi connectivity index (χ2v) is 3.71. The maximum atomic E-state index is 13.6. The van der Waals surface area contributed by atoms with Crippen molar-refractivity contribution < 1.29 is 13.7 Å². The number of nitro groups is 1. The molecule has 0 aliphatic rings. The fraction of sp³-hybridized carbons (Fsp3) is 0.0833. The van der Waals surface area contributed by atoms with Gasteiger partial charge in [-0.05, 0) is 25.1 Å². The van der Waals surface area contributed by atoms with Gasteiger partial charge < -0.3 is 0 Å². The van der Waals surface area contributed by atoms with Crippen molar-refractivity contribution in [2.45, 2.75) is 6.92 Å². The normalized spacial score (nSPS) is 10.4. The summed E-state index contributed by atoms with van der Waals surface area (Å²) in [4.78, 5) is 13.8. The molecule has 2 rings (SSSR count). The Morgan fingerprint density at radius 2 is 1.94 bits per heavy atom. The van der Waals surface area contributed by atoms with Gasteiger partial charge in [-0.3, -0.25) is 15.1 Å². The molecular weight excluding hydrogens is 242 g/mol. The fourth-order valence-electron chi connectivity index (χ4n) is 1.67. The number of hydrogen-bond donors (Lipinski definition) is 0. The van der Waals surface area contributed by atoms with Crippen LogP contribution in [0.5, 0.6) is 0 Å². The van der Waals surface area contributed by atoms with E-state index in [1.807, 2.05) is 0 Å². The van der Waals surface area contributed by atoms with Crippen molar-refractivity contribution in [2.24, 2.45) is 0 Å². The third-order valence-electron chi connectivity index (χ3n) is 2.60. The minimum absolute atomic E-state index is 0.0382. The zero-order chi connectivity index (χ0) is 13.3. The molecule has 0 bridgehead atoms. The molecule has 18 heavy (non-hydrogen) atoms. The highest BCUT2D eigenvalue weighted by Crippen LogP contribution is 2.30. The Bertz CT molecular complexity index is 629. The number of pyridine rings is 1. The standard InChI is InChI=1S/C12H8F2N2O2/c1-7-10(5-15-6-12(7)16(17)18)9-4-8(13)2-3-11(9)14/h2-6H,1H3. The molecule has 0 aliphatic heterocycles. The summed E-state index contributed by atoms with van der Waals surface area (Å²) in [6.07, 6.45) is 2.36. The number of nitrogens with zero attached hydrogens (tertiary/aromatic N) is 2. The van der Waals surface area contributed by atoms with Crippen LogP contribution in [0.1, 0.15) is 5.56 Å². The highest BCUT2D eigenvalue weighted by atomic mass is 19.1. The van der Waals surface area contributed by atoms with Crippen LogP contribution in [0, 0.1) is 28.7 Å². The Morgan fingerprint density at radius 1 is 1.22 bits per heavy atom. The first kappa shape index (κ1) is 12.1. The van der Waals surface area contributed by atoms with E-state index in [0.29, 0.717) is 0 Å². The third-order valence-corrected chi connectivity index (χ3v) is 2.60. The number of hydrogen-bond acceptors (Lipinski definition) is 3. The first-order chi connectivity index (χ1) is 8.50. The quantitative estimate of drug-likeness (QED) is 0.607. The van der Waals surface area contributed by atoms with Crippen molar-refractivity contribution in [3.05, 3.63) is 57.9 Å². The predicted octanol–water partition coefficient (Wildman–Crippen LogP) is 3.24. The Hall–Kier alpha value is -2.37. The zero-order valence-electron chi connectivity index (χ0n) is 9.35. The molecular formula is C12H8F2N2O2. The van der Waals surface area contributed by atoms with E-state index in [0.717, 1.165) is 24.4 Å². The van der Waals surface area contributed by atoms with Crippen LogP contribution in [0.4, 0.5) is 14.5 Å². The van der Waals surface area contributed by atoms with Crippen LogP contribution in [0.3, 0.4) is 0 Å². The summed E-state index contributed by atoms with van der Waals surface area (Å²) in [6, 6.07) is 2.95. The molecule has 0 radical (unpaired) electrons. The van der Waals surface area contributed by atoms with E-state index >= 15 is 0 Å². The first-order valence-corrected chi connectivity index (χ1v) is 5.05. The van der Waals surface area contributed by atoms with Crippen LogP contribution < -0.4 is 0 Å². The third kappa shape index (κ3) is 2.04. The Kier molecular flexibility index (Phi) is 3.01. The summed E-state index contributed by atoms with van der Waals surface area (Å²) in [5.74, 6) is -1.26. The van der Waals surface area contributed by atoms with Crippen molar-refractivity contribution in [3.63, 3.8) is 0 Å². The minimum Gasteiger partial charge on any atom is -0.258 e. The second kappa shape index (κ2) is 4.48. The Labute approximate surface area is 101 Å². The Morgan fingerprint density at radius 3 is 2.61 bits per heavy atom. The van der Waals surface area contributed by atoms with Crippen LogP contribution in [-0.4, -0.2) is 9.91 Å². The fourth-order valence-corrected chi connectivity index (χ4v) is 1.67. The van der Waals surface area contributed by atoms with Gasteiger partial charge in [-0.25, -0.2) is 8.78 Å². The van der Waals surface area contributed by atoms with Crippen molar-refractivity contribution in [1.82, 2.24) is 4.98 Å². The number of rotatable bonds is 2. The molecule has 0 saturated heterocycles. The van der Waals surface area contributed by atoms with E-state index in [1.165, 1.54) is 13.1 Å². The van der Waals surface area contributed by atoms with Crippen molar-refractivity contribution in [3.8, 4) is 11.1 Å². The smallest absolute Gasteiger partial charge is 0.258 e. The lowest BCUT2D eigenvalue weighted by Crippen LogP contribution is -1.97. The van der Waals surface area contributed by atoms with E-state index in [2.05, 4.69) is 4.98 Å². The second-order valence-electron chi connectivity index (χ2n) is 3.71. The molecule has 0 saturated carbocycles. The van der Waals surface area contributed by atoms with Gasteiger partial charge >= 0.3 is 0 Å². The summed E-state index contributed by atoms with van der Waals surface area (Å²) in [5.41, 5.74) is 0.195. The maximum absolute atomic E-state index is 13.6. The predicted molar refractivity (Wildman–Crippen MR) is 61.0 cm³/mol. The van der Waals surface area contributed by atoms with Crippen LogP contribution in [-0.2, 0) is 0 Å².